The zero-order chi connectivity index (χ0) is 13.9. The zero-order valence-corrected chi connectivity index (χ0v) is 11.6. The Morgan fingerprint density at radius 2 is 1.89 bits per heavy atom. The highest BCUT2D eigenvalue weighted by Gasteiger charge is 2.39. The topological polar surface area (TPSA) is 78.4 Å². The van der Waals surface area contributed by atoms with Crippen LogP contribution in [0.15, 0.2) is 0 Å². The van der Waals surface area contributed by atoms with Gasteiger partial charge >= 0.3 is 12.0 Å². The van der Waals surface area contributed by atoms with Gasteiger partial charge in [0.2, 0.25) is 0 Å². The Morgan fingerprint density at radius 3 is 2.28 bits per heavy atom. The molecule has 5 nitrogen and oxygen atoms in total. The average Bonchev–Trinajstić information content (AvgIpc) is 2.97. The summed E-state index contributed by atoms with van der Waals surface area (Å²) in [6, 6.07) is -1.21. The summed E-state index contributed by atoms with van der Waals surface area (Å²) < 4.78 is 0. The van der Waals surface area contributed by atoms with Crippen molar-refractivity contribution in [2.75, 3.05) is 0 Å². The molecular formula is C13H24N2O3. The largest absolute Gasteiger partial charge is 0.480 e. The normalized spacial score (nSPS) is 17.4. The van der Waals surface area contributed by atoms with E-state index in [1.807, 2.05) is 27.7 Å². The summed E-state index contributed by atoms with van der Waals surface area (Å²) in [5, 5.41) is 14.4. The lowest BCUT2D eigenvalue weighted by atomic mass is 9.99. The monoisotopic (exact) mass is 256 g/mol. The molecule has 0 aromatic heterocycles. The minimum atomic E-state index is -0.983. The minimum absolute atomic E-state index is 0.225. The molecular weight excluding hydrogens is 232 g/mol. The fourth-order valence-electron chi connectivity index (χ4n) is 2.09. The molecule has 0 radical (unpaired) electrons. The van der Waals surface area contributed by atoms with E-state index in [0.717, 1.165) is 12.8 Å². The van der Waals surface area contributed by atoms with Gasteiger partial charge in [0.1, 0.15) is 6.04 Å². The quantitative estimate of drug-likeness (QED) is 0.680. The molecule has 1 rings (SSSR count). The van der Waals surface area contributed by atoms with Gasteiger partial charge in [-0.3, -0.25) is 0 Å². The van der Waals surface area contributed by atoms with Gasteiger partial charge in [-0.2, -0.15) is 0 Å². The Bertz CT molecular complexity index is 322. The maximum atomic E-state index is 11.8. The van der Waals surface area contributed by atoms with E-state index >= 15 is 0 Å². The lowest BCUT2D eigenvalue weighted by Gasteiger charge is -2.27. The molecule has 0 aliphatic heterocycles. The molecule has 1 aliphatic carbocycles. The van der Waals surface area contributed by atoms with Crippen LogP contribution in [0.4, 0.5) is 4.79 Å². The maximum absolute atomic E-state index is 11.8. The third-order valence-electron chi connectivity index (χ3n) is 3.34. The molecule has 1 aliphatic rings. The van der Waals surface area contributed by atoms with Crippen molar-refractivity contribution in [1.82, 2.24) is 10.6 Å². The van der Waals surface area contributed by atoms with E-state index in [0.29, 0.717) is 12.3 Å². The summed E-state index contributed by atoms with van der Waals surface area (Å²) in [4.78, 5) is 22.8. The Kier molecular flexibility index (Phi) is 4.59. The van der Waals surface area contributed by atoms with Gasteiger partial charge in [0.15, 0.2) is 0 Å². The van der Waals surface area contributed by atoms with Crippen molar-refractivity contribution in [1.29, 1.82) is 0 Å². The molecule has 0 bridgehead atoms. The average molecular weight is 256 g/mol. The van der Waals surface area contributed by atoms with Crippen molar-refractivity contribution in [3.05, 3.63) is 0 Å². The molecule has 1 saturated carbocycles. The first kappa shape index (κ1) is 14.8. The number of nitrogens with one attached hydrogen (secondary N) is 2. The third-order valence-corrected chi connectivity index (χ3v) is 3.34. The molecule has 0 aromatic rings. The number of hydrogen-bond donors (Lipinski definition) is 3. The lowest BCUT2D eigenvalue weighted by Crippen LogP contribution is -2.53. The van der Waals surface area contributed by atoms with E-state index < -0.39 is 12.0 Å². The number of urea groups is 1. The molecule has 1 atom stereocenters. The third kappa shape index (κ3) is 4.55. The molecule has 0 spiro atoms. The second-order valence-corrected chi connectivity index (χ2v) is 6.11. The Hall–Kier alpha value is -1.26. The van der Waals surface area contributed by atoms with E-state index in [2.05, 4.69) is 10.6 Å². The summed E-state index contributed by atoms with van der Waals surface area (Å²) >= 11 is 0. The van der Waals surface area contributed by atoms with Crippen LogP contribution in [0.5, 0.6) is 0 Å². The van der Waals surface area contributed by atoms with Gasteiger partial charge in [-0.15, -0.1) is 0 Å². The minimum Gasteiger partial charge on any atom is -0.480 e. The van der Waals surface area contributed by atoms with Crippen LogP contribution in [0.25, 0.3) is 0 Å². The van der Waals surface area contributed by atoms with E-state index in [9.17, 15) is 9.59 Å². The Labute approximate surface area is 108 Å². The van der Waals surface area contributed by atoms with E-state index in [1.165, 1.54) is 0 Å². The van der Waals surface area contributed by atoms with Gasteiger partial charge in [0.25, 0.3) is 0 Å². The molecule has 18 heavy (non-hydrogen) atoms. The van der Waals surface area contributed by atoms with Crippen LogP contribution >= 0.6 is 0 Å². The summed E-state index contributed by atoms with van der Waals surface area (Å²) in [6.07, 6.45) is 2.69. The number of carboxylic acid groups (broad SMARTS) is 1. The fraction of sp³-hybridized carbons (Fsp3) is 0.846. The van der Waals surface area contributed by atoms with Gasteiger partial charge in [-0.1, -0.05) is 13.8 Å². The van der Waals surface area contributed by atoms with Crippen LogP contribution in [0.3, 0.4) is 0 Å². The van der Waals surface area contributed by atoms with Crippen molar-refractivity contribution >= 4 is 12.0 Å². The molecule has 3 N–H and O–H groups in total. The van der Waals surface area contributed by atoms with E-state index in [-0.39, 0.29) is 17.5 Å². The number of aliphatic carboxylic acids is 1. The van der Waals surface area contributed by atoms with Gasteiger partial charge in [-0.25, -0.2) is 9.59 Å². The maximum Gasteiger partial charge on any atom is 0.326 e. The highest BCUT2D eigenvalue weighted by atomic mass is 16.4. The molecule has 2 amide bonds. The smallest absolute Gasteiger partial charge is 0.326 e. The highest BCUT2D eigenvalue weighted by Crippen LogP contribution is 2.39. The lowest BCUT2D eigenvalue weighted by molar-refractivity contribution is -0.139. The summed E-state index contributed by atoms with van der Waals surface area (Å²) in [6.45, 7) is 7.82. The number of rotatable bonds is 6. The first-order chi connectivity index (χ1) is 8.22. The Morgan fingerprint density at radius 1 is 1.33 bits per heavy atom. The van der Waals surface area contributed by atoms with E-state index in [4.69, 9.17) is 5.11 Å². The van der Waals surface area contributed by atoms with Gasteiger partial charge in [-0.05, 0) is 44.9 Å². The zero-order valence-electron chi connectivity index (χ0n) is 11.6. The van der Waals surface area contributed by atoms with Gasteiger partial charge in [0, 0.05) is 5.54 Å². The van der Waals surface area contributed by atoms with Crippen LogP contribution in [0.2, 0.25) is 0 Å². The standard InChI is InChI=1S/C13H24N2O3/c1-8(2)7-10(11(16)17)14-12(18)15-13(3,4)9-5-6-9/h8-10H,5-7H2,1-4H3,(H,16,17)(H2,14,15,18)/t10-/m1/s1. The number of carbonyl (C=O) groups is 2. The van der Waals surface area contributed by atoms with Crippen LogP contribution in [0, 0.1) is 11.8 Å². The SMILES string of the molecule is CC(C)C[C@@H](NC(=O)NC(C)(C)C1CC1)C(=O)O. The summed E-state index contributed by atoms with van der Waals surface area (Å²) in [7, 11) is 0. The molecule has 0 saturated heterocycles. The van der Waals surface area contributed by atoms with Crippen LogP contribution in [-0.2, 0) is 4.79 Å². The second-order valence-electron chi connectivity index (χ2n) is 6.11. The number of carboxylic acids is 1. The Balaban J connectivity index is 2.48. The predicted molar refractivity (Wildman–Crippen MR) is 69.3 cm³/mol. The van der Waals surface area contributed by atoms with Crippen molar-refractivity contribution in [3.8, 4) is 0 Å². The molecule has 104 valence electrons. The van der Waals surface area contributed by atoms with Crippen LogP contribution in [0.1, 0.15) is 47.0 Å². The van der Waals surface area contributed by atoms with Crippen molar-refractivity contribution in [3.63, 3.8) is 0 Å². The molecule has 0 unspecified atom stereocenters. The predicted octanol–water partition coefficient (Wildman–Crippen LogP) is 1.97. The van der Waals surface area contributed by atoms with Crippen molar-refractivity contribution in [2.24, 2.45) is 11.8 Å². The number of hydrogen-bond acceptors (Lipinski definition) is 2. The number of carbonyl (C=O) groups excluding carboxylic acids is 1. The second kappa shape index (κ2) is 5.59. The molecule has 0 heterocycles. The van der Waals surface area contributed by atoms with Crippen LogP contribution in [-0.4, -0.2) is 28.7 Å². The summed E-state index contributed by atoms with van der Waals surface area (Å²) in [5.74, 6) is -0.248. The van der Waals surface area contributed by atoms with Crippen LogP contribution < -0.4 is 10.6 Å². The highest BCUT2D eigenvalue weighted by molar-refractivity contribution is 5.82. The van der Waals surface area contributed by atoms with Crippen molar-refractivity contribution in [2.45, 2.75) is 58.5 Å². The molecule has 1 fully saturated rings. The molecule has 0 aromatic carbocycles. The molecule has 5 heteroatoms. The van der Waals surface area contributed by atoms with Gasteiger partial charge in [0.05, 0.1) is 0 Å². The summed E-state index contributed by atoms with van der Waals surface area (Å²) in [5.41, 5.74) is -0.259. The van der Waals surface area contributed by atoms with E-state index in [1.54, 1.807) is 0 Å². The van der Waals surface area contributed by atoms with Crippen molar-refractivity contribution < 1.29 is 14.7 Å². The van der Waals surface area contributed by atoms with Gasteiger partial charge < -0.3 is 15.7 Å². The fourth-order valence-corrected chi connectivity index (χ4v) is 2.09. The first-order valence-corrected chi connectivity index (χ1v) is 6.54. The number of amides is 2. The first-order valence-electron chi connectivity index (χ1n) is 6.54.